The smallest absolute Gasteiger partial charge is 0.356 e. The zero-order valence-electron chi connectivity index (χ0n) is 10.5. The number of amides is 1. The zero-order valence-corrected chi connectivity index (χ0v) is 11.2. The van der Waals surface area contributed by atoms with Gasteiger partial charge in [0.15, 0.2) is 5.15 Å². The van der Waals surface area contributed by atoms with Crippen LogP contribution < -0.4 is 5.32 Å². The van der Waals surface area contributed by atoms with Gasteiger partial charge in [-0.15, -0.1) is 0 Å². The van der Waals surface area contributed by atoms with Crippen molar-refractivity contribution in [2.45, 2.75) is 0 Å². The molecular weight excluding hydrogens is 282 g/mol. The molecule has 1 N–H and O–H groups in total. The first kappa shape index (κ1) is 14.0. The van der Waals surface area contributed by atoms with Crippen molar-refractivity contribution >= 4 is 29.2 Å². The van der Waals surface area contributed by atoms with Crippen LogP contribution in [0.2, 0.25) is 5.15 Å². The molecule has 0 fully saturated rings. The fourth-order valence-corrected chi connectivity index (χ4v) is 1.61. The Morgan fingerprint density at radius 1 is 1.20 bits per heavy atom. The second-order valence-corrected chi connectivity index (χ2v) is 4.05. The van der Waals surface area contributed by atoms with Crippen LogP contribution in [0.4, 0.5) is 5.69 Å². The number of carbonyl (C=O) groups is 2. The molecule has 0 saturated heterocycles. The van der Waals surface area contributed by atoms with E-state index in [2.05, 4.69) is 20.0 Å². The first-order chi connectivity index (χ1) is 9.61. The molecule has 0 spiro atoms. The van der Waals surface area contributed by atoms with Crippen LogP contribution in [0.25, 0.3) is 0 Å². The third kappa shape index (κ3) is 3.10. The van der Waals surface area contributed by atoms with E-state index in [9.17, 15) is 9.59 Å². The Bertz CT molecular complexity index is 661. The summed E-state index contributed by atoms with van der Waals surface area (Å²) in [5.41, 5.74) is 0.495. The van der Waals surface area contributed by atoms with Crippen LogP contribution >= 0.6 is 11.6 Å². The van der Waals surface area contributed by atoms with E-state index in [-0.39, 0.29) is 16.5 Å². The van der Waals surface area contributed by atoms with Gasteiger partial charge in [-0.3, -0.25) is 4.79 Å². The molecule has 0 aliphatic carbocycles. The highest BCUT2D eigenvalue weighted by Gasteiger charge is 2.13. The summed E-state index contributed by atoms with van der Waals surface area (Å²) in [4.78, 5) is 31.1. The van der Waals surface area contributed by atoms with Gasteiger partial charge in [0.2, 0.25) is 0 Å². The molecule has 1 amide bonds. The van der Waals surface area contributed by atoms with Gasteiger partial charge in [0.05, 0.1) is 12.8 Å². The van der Waals surface area contributed by atoms with Gasteiger partial charge >= 0.3 is 5.97 Å². The van der Waals surface area contributed by atoms with Crippen LogP contribution in [-0.2, 0) is 4.74 Å². The second kappa shape index (κ2) is 6.12. The highest BCUT2D eigenvalue weighted by Crippen LogP contribution is 2.18. The SMILES string of the molecule is COC(=O)c1cccc(C(=O)Nc2cccnc2Cl)n1. The number of aromatic nitrogens is 2. The van der Waals surface area contributed by atoms with Crippen LogP contribution in [0, 0.1) is 0 Å². The summed E-state index contributed by atoms with van der Waals surface area (Å²) in [7, 11) is 1.24. The van der Waals surface area contributed by atoms with Crippen molar-refractivity contribution in [2.24, 2.45) is 0 Å². The predicted molar refractivity (Wildman–Crippen MR) is 72.8 cm³/mol. The van der Waals surface area contributed by atoms with Gasteiger partial charge in [-0.2, -0.15) is 0 Å². The molecule has 0 aromatic carbocycles. The number of carbonyl (C=O) groups excluding carboxylic acids is 2. The predicted octanol–water partition coefficient (Wildman–Crippen LogP) is 2.17. The standard InChI is InChI=1S/C13H10ClN3O3/c1-20-13(19)10-5-2-4-9(16-10)12(18)17-8-6-3-7-15-11(8)14/h2-7H,1H3,(H,17,18). The van der Waals surface area contributed by atoms with E-state index in [0.717, 1.165) is 0 Å². The topological polar surface area (TPSA) is 81.2 Å². The lowest BCUT2D eigenvalue weighted by atomic mass is 10.3. The van der Waals surface area contributed by atoms with Crippen LogP contribution in [0.15, 0.2) is 36.5 Å². The lowest BCUT2D eigenvalue weighted by Gasteiger charge is -2.06. The quantitative estimate of drug-likeness (QED) is 0.692. The van der Waals surface area contributed by atoms with Gasteiger partial charge in [0.1, 0.15) is 11.4 Å². The van der Waals surface area contributed by atoms with Gasteiger partial charge in [-0.25, -0.2) is 14.8 Å². The Kier molecular flexibility index (Phi) is 4.27. The Morgan fingerprint density at radius 3 is 2.65 bits per heavy atom. The lowest BCUT2D eigenvalue weighted by Crippen LogP contribution is -2.16. The van der Waals surface area contributed by atoms with Gasteiger partial charge in [0, 0.05) is 6.20 Å². The first-order valence-corrected chi connectivity index (χ1v) is 5.97. The summed E-state index contributed by atoms with van der Waals surface area (Å²) in [5.74, 6) is -1.11. The highest BCUT2D eigenvalue weighted by molar-refractivity contribution is 6.32. The molecule has 0 saturated carbocycles. The molecule has 0 bridgehead atoms. The molecule has 2 aromatic rings. The van der Waals surface area contributed by atoms with E-state index in [1.54, 1.807) is 18.2 Å². The van der Waals surface area contributed by atoms with Crippen LogP contribution in [0.3, 0.4) is 0 Å². The maximum atomic E-state index is 12.0. The third-order valence-electron chi connectivity index (χ3n) is 2.38. The number of esters is 1. The fraction of sp³-hybridized carbons (Fsp3) is 0.0769. The van der Waals surface area contributed by atoms with Crippen LogP contribution in [0.1, 0.15) is 21.0 Å². The van der Waals surface area contributed by atoms with Crippen molar-refractivity contribution in [1.82, 2.24) is 9.97 Å². The van der Waals surface area contributed by atoms with Crippen LogP contribution in [0.5, 0.6) is 0 Å². The van der Waals surface area contributed by atoms with Crippen LogP contribution in [-0.4, -0.2) is 29.0 Å². The largest absolute Gasteiger partial charge is 0.464 e. The molecule has 20 heavy (non-hydrogen) atoms. The van der Waals surface area contributed by atoms with Gasteiger partial charge in [-0.1, -0.05) is 17.7 Å². The Morgan fingerprint density at radius 2 is 1.95 bits per heavy atom. The maximum Gasteiger partial charge on any atom is 0.356 e. The van der Waals surface area contributed by atoms with Crippen molar-refractivity contribution in [3.05, 3.63) is 53.1 Å². The number of hydrogen-bond donors (Lipinski definition) is 1. The zero-order chi connectivity index (χ0) is 14.5. The van der Waals surface area contributed by atoms with E-state index >= 15 is 0 Å². The number of halogens is 1. The van der Waals surface area contributed by atoms with Crippen molar-refractivity contribution in [2.75, 3.05) is 12.4 Å². The van der Waals surface area contributed by atoms with E-state index in [4.69, 9.17) is 11.6 Å². The summed E-state index contributed by atoms with van der Waals surface area (Å²) in [6.07, 6.45) is 1.51. The number of nitrogens with one attached hydrogen (secondary N) is 1. The molecule has 7 heteroatoms. The number of anilines is 1. The molecule has 2 rings (SSSR count). The van der Waals surface area contributed by atoms with E-state index < -0.39 is 11.9 Å². The molecule has 102 valence electrons. The molecule has 0 unspecified atom stereocenters. The average Bonchev–Trinajstić information content (AvgIpc) is 2.49. The molecule has 2 heterocycles. The fourth-order valence-electron chi connectivity index (χ4n) is 1.45. The monoisotopic (exact) mass is 291 g/mol. The minimum Gasteiger partial charge on any atom is -0.464 e. The van der Waals surface area contributed by atoms with E-state index in [0.29, 0.717) is 5.69 Å². The summed E-state index contributed by atoms with van der Waals surface area (Å²) >= 11 is 5.84. The highest BCUT2D eigenvalue weighted by atomic mass is 35.5. The number of methoxy groups -OCH3 is 1. The third-order valence-corrected chi connectivity index (χ3v) is 2.68. The summed E-state index contributed by atoms with van der Waals surface area (Å²) < 4.78 is 4.54. The van der Waals surface area contributed by atoms with Crippen molar-refractivity contribution in [3.63, 3.8) is 0 Å². The molecule has 0 aliphatic heterocycles. The molecule has 0 atom stereocenters. The Labute approximate surface area is 119 Å². The summed E-state index contributed by atoms with van der Waals surface area (Å²) in [6, 6.07) is 7.72. The van der Waals surface area contributed by atoms with Gasteiger partial charge < -0.3 is 10.1 Å². The first-order valence-electron chi connectivity index (χ1n) is 5.59. The number of ether oxygens (including phenoxy) is 1. The summed E-state index contributed by atoms with van der Waals surface area (Å²) in [5, 5.41) is 2.73. The van der Waals surface area contributed by atoms with Crippen molar-refractivity contribution < 1.29 is 14.3 Å². The molecule has 2 aromatic heterocycles. The minimum absolute atomic E-state index is 0.0532. The summed E-state index contributed by atoms with van der Waals surface area (Å²) in [6.45, 7) is 0. The van der Waals surface area contributed by atoms with Crippen molar-refractivity contribution in [1.29, 1.82) is 0 Å². The number of rotatable bonds is 3. The second-order valence-electron chi connectivity index (χ2n) is 3.70. The molecular formula is C13H10ClN3O3. The minimum atomic E-state index is -0.612. The molecule has 6 nitrogen and oxygen atoms in total. The number of nitrogens with zero attached hydrogens (tertiary/aromatic N) is 2. The van der Waals surface area contributed by atoms with Crippen molar-refractivity contribution in [3.8, 4) is 0 Å². The molecule has 0 radical (unpaired) electrons. The van der Waals surface area contributed by atoms with E-state index in [1.807, 2.05) is 0 Å². The number of hydrogen-bond acceptors (Lipinski definition) is 5. The number of pyridine rings is 2. The Balaban J connectivity index is 2.22. The van der Waals surface area contributed by atoms with Gasteiger partial charge in [-0.05, 0) is 24.3 Å². The Hall–Kier alpha value is -2.47. The average molecular weight is 292 g/mol. The van der Waals surface area contributed by atoms with E-state index in [1.165, 1.54) is 25.4 Å². The lowest BCUT2D eigenvalue weighted by molar-refractivity contribution is 0.0594. The molecule has 0 aliphatic rings. The van der Waals surface area contributed by atoms with Gasteiger partial charge in [0.25, 0.3) is 5.91 Å². The maximum absolute atomic E-state index is 12.0. The normalized spacial score (nSPS) is 9.90.